The van der Waals surface area contributed by atoms with Gasteiger partial charge in [-0.3, -0.25) is 14.9 Å². The Balaban J connectivity index is 1.57. The smallest absolute Gasteiger partial charge is 0.311 e. The fourth-order valence-corrected chi connectivity index (χ4v) is 4.93. The average Bonchev–Trinajstić information content (AvgIpc) is 3.00. The molecule has 0 aliphatic rings. The molecule has 0 N–H and O–H groups in total. The van der Waals surface area contributed by atoms with Crippen LogP contribution in [0, 0.1) is 24.0 Å². The number of nitro groups is 1. The molecule has 1 heterocycles. The summed E-state index contributed by atoms with van der Waals surface area (Å²) in [5.41, 5.74) is 5.03. The molecule has 224 valence electrons. The highest BCUT2D eigenvalue weighted by atomic mass is 16.6. The van der Waals surface area contributed by atoms with Gasteiger partial charge >= 0.3 is 5.69 Å². The van der Waals surface area contributed by atoms with Gasteiger partial charge in [-0.15, -0.1) is 0 Å². The maximum absolute atomic E-state index is 13.8. The van der Waals surface area contributed by atoms with Crippen molar-refractivity contribution in [3.8, 4) is 22.9 Å². The van der Waals surface area contributed by atoms with Gasteiger partial charge < -0.3 is 9.47 Å². The van der Waals surface area contributed by atoms with E-state index >= 15 is 0 Å². The highest BCUT2D eigenvalue weighted by Gasteiger charge is 2.19. The SMILES string of the molecule is CCOc1cc(C)c(-c2nc3ccccc3c(=O)n2N=Cc2ccc(OCc3ccc(C)cc3)c([N+](=O)[O-])c2)cc1C(C)C. The molecule has 44 heavy (non-hydrogen) atoms. The van der Waals surface area contributed by atoms with Gasteiger partial charge in [0.15, 0.2) is 11.6 Å². The van der Waals surface area contributed by atoms with Crippen molar-refractivity contribution in [2.24, 2.45) is 5.10 Å². The van der Waals surface area contributed by atoms with Crippen LogP contribution in [-0.2, 0) is 6.61 Å². The Kier molecular flexibility index (Phi) is 8.85. The molecule has 5 rings (SSSR count). The van der Waals surface area contributed by atoms with Crippen LogP contribution >= 0.6 is 0 Å². The third-order valence-electron chi connectivity index (χ3n) is 7.29. The van der Waals surface area contributed by atoms with Gasteiger partial charge in [0, 0.05) is 17.2 Å². The molecule has 0 fully saturated rings. The molecule has 0 unspecified atom stereocenters. The number of ether oxygens (including phenoxy) is 2. The van der Waals surface area contributed by atoms with Gasteiger partial charge in [-0.05, 0) is 79.8 Å². The lowest BCUT2D eigenvalue weighted by Gasteiger charge is -2.18. The Labute approximate surface area is 255 Å². The Morgan fingerprint density at radius 1 is 0.977 bits per heavy atom. The summed E-state index contributed by atoms with van der Waals surface area (Å²) in [5, 5.41) is 16.9. The van der Waals surface area contributed by atoms with Crippen LogP contribution in [0.1, 0.15) is 54.5 Å². The molecule has 0 saturated carbocycles. The van der Waals surface area contributed by atoms with Crippen molar-refractivity contribution in [2.75, 3.05) is 6.61 Å². The maximum Gasteiger partial charge on any atom is 0.311 e. The number of benzene rings is 4. The zero-order valence-corrected chi connectivity index (χ0v) is 25.4. The summed E-state index contributed by atoms with van der Waals surface area (Å²) in [6.45, 7) is 10.8. The predicted octanol–water partition coefficient (Wildman–Crippen LogP) is 7.57. The van der Waals surface area contributed by atoms with Gasteiger partial charge in [0.2, 0.25) is 0 Å². The van der Waals surface area contributed by atoms with Crippen LogP contribution < -0.4 is 15.0 Å². The summed E-state index contributed by atoms with van der Waals surface area (Å²) in [6.07, 6.45) is 1.42. The lowest BCUT2D eigenvalue weighted by atomic mass is 9.96. The lowest BCUT2D eigenvalue weighted by molar-refractivity contribution is -0.385. The van der Waals surface area contributed by atoms with Crippen LogP contribution in [-0.4, -0.2) is 27.4 Å². The zero-order chi connectivity index (χ0) is 31.4. The molecule has 0 atom stereocenters. The fourth-order valence-electron chi connectivity index (χ4n) is 4.93. The first-order valence-corrected chi connectivity index (χ1v) is 14.5. The molecule has 0 radical (unpaired) electrons. The summed E-state index contributed by atoms with van der Waals surface area (Å²) in [5.74, 6) is 1.45. The molecule has 9 nitrogen and oxygen atoms in total. The van der Waals surface area contributed by atoms with E-state index in [2.05, 4.69) is 18.9 Å². The van der Waals surface area contributed by atoms with Gasteiger partial charge in [0.1, 0.15) is 12.4 Å². The van der Waals surface area contributed by atoms with E-state index in [0.29, 0.717) is 28.9 Å². The van der Waals surface area contributed by atoms with Gasteiger partial charge in [0.25, 0.3) is 5.56 Å². The molecule has 0 aliphatic heterocycles. The van der Waals surface area contributed by atoms with E-state index in [1.54, 1.807) is 30.3 Å². The molecule has 9 heteroatoms. The number of aromatic nitrogens is 2. The highest BCUT2D eigenvalue weighted by molar-refractivity contribution is 5.83. The summed E-state index contributed by atoms with van der Waals surface area (Å²) >= 11 is 0. The normalized spacial score (nSPS) is 11.4. The van der Waals surface area contributed by atoms with E-state index in [-0.39, 0.29) is 29.5 Å². The average molecular weight is 591 g/mol. The summed E-state index contributed by atoms with van der Waals surface area (Å²) < 4.78 is 13.0. The van der Waals surface area contributed by atoms with E-state index in [1.165, 1.54) is 17.0 Å². The maximum atomic E-state index is 13.8. The number of nitrogens with zero attached hydrogens (tertiary/aromatic N) is 4. The van der Waals surface area contributed by atoms with Crippen LogP contribution in [0.4, 0.5) is 5.69 Å². The fraction of sp³-hybridized carbons (Fsp3) is 0.229. The monoisotopic (exact) mass is 590 g/mol. The van der Waals surface area contributed by atoms with Crippen molar-refractivity contribution in [3.63, 3.8) is 0 Å². The quantitative estimate of drug-likeness (QED) is 0.0943. The molecule has 0 saturated heterocycles. The number of fused-ring (bicyclic) bond motifs is 1. The van der Waals surface area contributed by atoms with Crippen LogP contribution in [0.15, 0.2) is 88.8 Å². The van der Waals surface area contributed by atoms with Gasteiger partial charge in [-0.1, -0.05) is 55.8 Å². The molecule has 0 bridgehead atoms. The number of aryl methyl sites for hydroxylation is 2. The van der Waals surface area contributed by atoms with E-state index in [4.69, 9.17) is 14.5 Å². The Hall–Kier alpha value is -5.31. The van der Waals surface area contributed by atoms with Crippen molar-refractivity contribution >= 4 is 22.8 Å². The zero-order valence-electron chi connectivity index (χ0n) is 25.4. The van der Waals surface area contributed by atoms with Crippen molar-refractivity contribution < 1.29 is 14.4 Å². The second-order valence-electron chi connectivity index (χ2n) is 10.9. The molecular weight excluding hydrogens is 556 g/mol. The molecule has 0 spiro atoms. The first-order valence-electron chi connectivity index (χ1n) is 14.5. The summed E-state index contributed by atoms with van der Waals surface area (Å²) in [4.78, 5) is 30.1. The van der Waals surface area contributed by atoms with E-state index in [0.717, 1.165) is 33.6 Å². The van der Waals surface area contributed by atoms with E-state index < -0.39 is 4.92 Å². The third-order valence-corrected chi connectivity index (χ3v) is 7.29. The van der Waals surface area contributed by atoms with Crippen LogP contribution in [0.2, 0.25) is 0 Å². The van der Waals surface area contributed by atoms with Crippen LogP contribution in [0.3, 0.4) is 0 Å². The van der Waals surface area contributed by atoms with E-state index in [1.807, 2.05) is 63.2 Å². The topological polar surface area (TPSA) is 109 Å². The number of hydrogen-bond donors (Lipinski definition) is 0. The van der Waals surface area contributed by atoms with Crippen LogP contribution in [0.25, 0.3) is 22.3 Å². The predicted molar refractivity (Wildman–Crippen MR) is 173 cm³/mol. The number of hydrogen-bond acceptors (Lipinski definition) is 7. The third kappa shape index (κ3) is 6.36. The van der Waals surface area contributed by atoms with Crippen molar-refractivity contribution in [1.82, 2.24) is 9.66 Å². The van der Waals surface area contributed by atoms with Gasteiger partial charge in [0.05, 0.1) is 28.6 Å². The first-order chi connectivity index (χ1) is 21.2. The standard InChI is InChI=1S/C35H34N4O5/c1-6-43-33-17-24(5)29(19-28(33)22(2)3)34-37-30-10-8-7-9-27(30)35(40)38(34)36-20-26-15-16-32(31(18-26)39(41)42)44-21-25-13-11-23(4)12-14-25/h7-20,22H,6,21H2,1-5H3. The van der Waals surface area contributed by atoms with Crippen molar-refractivity contribution in [2.45, 2.75) is 47.1 Å². The van der Waals surface area contributed by atoms with Gasteiger partial charge in [-0.2, -0.15) is 9.78 Å². The largest absolute Gasteiger partial charge is 0.494 e. The molecule has 0 aliphatic carbocycles. The highest BCUT2D eigenvalue weighted by Crippen LogP contribution is 2.34. The Bertz CT molecular complexity index is 1930. The number of rotatable bonds is 10. The van der Waals surface area contributed by atoms with Gasteiger partial charge in [-0.25, -0.2) is 4.98 Å². The lowest BCUT2D eigenvalue weighted by Crippen LogP contribution is -2.21. The van der Waals surface area contributed by atoms with Crippen LogP contribution in [0.5, 0.6) is 11.5 Å². The minimum Gasteiger partial charge on any atom is -0.494 e. The molecular formula is C35H34N4O5. The molecule has 5 aromatic rings. The van der Waals surface area contributed by atoms with E-state index in [9.17, 15) is 14.9 Å². The Morgan fingerprint density at radius 2 is 1.73 bits per heavy atom. The number of para-hydroxylation sites is 1. The van der Waals surface area contributed by atoms with Crippen molar-refractivity contribution in [1.29, 1.82) is 0 Å². The molecule has 1 aromatic heterocycles. The minimum absolute atomic E-state index is 0.143. The summed E-state index contributed by atoms with van der Waals surface area (Å²) in [7, 11) is 0. The molecule has 4 aromatic carbocycles. The number of nitro benzene ring substituents is 1. The second kappa shape index (κ2) is 12.9. The second-order valence-corrected chi connectivity index (χ2v) is 10.9. The summed E-state index contributed by atoms with van der Waals surface area (Å²) in [6, 6.07) is 23.4. The minimum atomic E-state index is -0.492. The first kappa shape index (κ1) is 30.2. The van der Waals surface area contributed by atoms with Crippen molar-refractivity contribution in [3.05, 3.63) is 127 Å². The Morgan fingerprint density at radius 3 is 2.43 bits per heavy atom. The molecule has 0 amide bonds.